The van der Waals surface area contributed by atoms with Gasteiger partial charge in [-0.15, -0.1) is 0 Å². The van der Waals surface area contributed by atoms with Gasteiger partial charge in [0.15, 0.2) is 0 Å². The zero-order valence-electron chi connectivity index (χ0n) is 15.9. The van der Waals surface area contributed by atoms with Crippen molar-refractivity contribution in [3.05, 3.63) is 47.5 Å². The number of hydrogen-bond donors (Lipinski definition) is 2. The van der Waals surface area contributed by atoms with Crippen LogP contribution in [0.15, 0.2) is 36.4 Å². The minimum absolute atomic E-state index is 0.752. The summed E-state index contributed by atoms with van der Waals surface area (Å²) in [5.41, 5.74) is 2.25. The highest BCUT2D eigenvalue weighted by Gasteiger charge is 2.03. The van der Waals surface area contributed by atoms with Crippen molar-refractivity contribution in [2.24, 2.45) is 0 Å². The lowest BCUT2D eigenvalue weighted by Gasteiger charge is -2.11. The number of methoxy groups -OCH3 is 4. The van der Waals surface area contributed by atoms with Crippen LogP contribution in [-0.2, 0) is 13.1 Å². The summed E-state index contributed by atoms with van der Waals surface area (Å²) in [6.07, 6.45) is 0. The van der Waals surface area contributed by atoms with Crippen molar-refractivity contribution in [1.82, 2.24) is 10.6 Å². The molecule has 0 amide bonds. The van der Waals surface area contributed by atoms with Gasteiger partial charge in [-0.2, -0.15) is 0 Å². The smallest absolute Gasteiger partial charge is 0.122 e. The second-order valence-corrected chi connectivity index (χ2v) is 5.80. The summed E-state index contributed by atoms with van der Waals surface area (Å²) in [6, 6.07) is 11.8. The maximum atomic E-state index is 5.29. The molecule has 0 unspecified atom stereocenters. The Morgan fingerprint density at radius 3 is 1.12 bits per heavy atom. The number of ether oxygens (including phenoxy) is 4. The summed E-state index contributed by atoms with van der Waals surface area (Å²) in [6.45, 7) is 3.20. The van der Waals surface area contributed by atoms with Gasteiger partial charge in [-0.1, -0.05) is 0 Å². The van der Waals surface area contributed by atoms with Gasteiger partial charge in [0, 0.05) is 38.3 Å². The first-order valence-corrected chi connectivity index (χ1v) is 8.53. The fraction of sp³-hybridized carbons (Fsp3) is 0.400. The molecule has 2 aromatic carbocycles. The minimum Gasteiger partial charge on any atom is -0.497 e. The molecule has 0 atom stereocenters. The number of nitrogens with one attached hydrogen (secondary N) is 2. The highest BCUT2D eigenvalue weighted by Crippen LogP contribution is 2.23. The molecule has 2 N–H and O–H groups in total. The molecule has 0 aliphatic carbocycles. The van der Waals surface area contributed by atoms with E-state index in [1.807, 2.05) is 36.4 Å². The van der Waals surface area contributed by atoms with Crippen LogP contribution in [0, 0.1) is 0 Å². The fourth-order valence-corrected chi connectivity index (χ4v) is 2.58. The Morgan fingerprint density at radius 2 is 0.846 bits per heavy atom. The van der Waals surface area contributed by atoms with E-state index < -0.39 is 0 Å². The molecule has 2 aromatic rings. The van der Waals surface area contributed by atoms with Crippen LogP contribution in [0.2, 0.25) is 0 Å². The predicted octanol–water partition coefficient (Wildman–Crippen LogP) is 2.60. The van der Waals surface area contributed by atoms with Gasteiger partial charge < -0.3 is 29.6 Å². The van der Waals surface area contributed by atoms with Crippen LogP contribution in [0.5, 0.6) is 23.0 Å². The van der Waals surface area contributed by atoms with Crippen molar-refractivity contribution in [2.45, 2.75) is 13.1 Å². The van der Waals surface area contributed by atoms with Crippen molar-refractivity contribution in [2.75, 3.05) is 41.5 Å². The van der Waals surface area contributed by atoms with E-state index in [-0.39, 0.29) is 0 Å². The first-order valence-electron chi connectivity index (χ1n) is 8.53. The second-order valence-electron chi connectivity index (χ2n) is 5.80. The van der Waals surface area contributed by atoms with Crippen LogP contribution in [0.25, 0.3) is 0 Å². The van der Waals surface area contributed by atoms with Gasteiger partial charge in [-0.05, 0) is 35.4 Å². The first kappa shape index (κ1) is 19.9. The average Bonchev–Trinajstić information content (AvgIpc) is 2.69. The van der Waals surface area contributed by atoms with Crippen LogP contribution in [-0.4, -0.2) is 41.5 Å². The van der Waals surface area contributed by atoms with Gasteiger partial charge in [0.2, 0.25) is 0 Å². The number of rotatable bonds is 11. The highest BCUT2D eigenvalue weighted by molar-refractivity contribution is 5.39. The van der Waals surface area contributed by atoms with Crippen molar-refractivity contribution in [3.63, 3.8) is 0 Å². The van der Waals surface area contributed by atoms with Crippen molar-refractivity contribution < 1.29 is 18.9 Å². The molecule has 142 valence electrons. The van der Waals surface area contributed by atoms with E-state index in [1.165, 1.54) is 0 Å². The number of hydrogen-bond acceptors (Lipinski definition) is 6. The van der Waals surface area contributed by atoms with E-state index in [0.29, 0.717) is 0 Å². The Bertz CT molecular complexity index is 588. The minimum atomic E-state index is 0.752. The standard InChI is InChI=1S/C20H28N2O4/c1-23-17-7-15(8-18(11-17)24-2)13-21-5-6-22-14-16-9-19(25-3)12-20(10-16)26-4/h7-12,21-22H,5-6,13-14H2,1-4H3. The van der Waals surface area contributed by atoms with Crippen LogP contribution in [0.1, 0.15) is 11.1 Å². The lowest BCUT2D eigenvalue weighted by Crippen LogP contribution is -2.26. The SMILES string of the molecule is COc1cc(CNCCNCc2cc(OC)cc(OC)c2)cc(OC)c1. The molecule has 26 heavy (non-hydrogen) atoms. The van der Waals surface area contributed by atoms with Gasteiger partial charge in [0.05, 0.1) is 28.4 Å². The topological polar surface area (TPSA) is 61.0 Å². The van der Waals surface area contributed by atoms with E-state index in [0.717, 1.165) is 60.3 Å². The Morgan fingerprint density at radius 1 is 0.538 bits per heavy atom. The molecule has 0 bridgehead atoms. The largest absolute Gasteiger partial charge is 0.497 e. The molecule has 0 aliphatic rings. The third kappa shape index (κ3) is 6.13. The molecule has 6 nitrogen and oxygen atoms in total. The van der Waals surface area contributed by atoms with Crippen LogP contribution in [0.4, 0.5) is 0 Å². The molecular formula is C20H28N2O4. The molecule has 0 radical (unpaired) electrons. The third-order valence-corrected chi connectivity index (χ3v) is 3.96. The summed E-state index contributed by atoms with van der Waals surface area (Å²) >= 11 is 0. The molecule has 0 heterocycles. The van der Waals surface area contributed by atoms with E-state index in [1.54, 1.807) is 28.4 Å². The Hall–Kier alpha value is -2.44. The van der Waals surface area contributed by atoms with Gasteiger partial charge >= 0.3 is 0 Å². The van der Waals surface area contributed by atoms with Crippen molar-refractivity contribution in [1.29, 1.82) is 0 Å². The zero-order valence-corrected chi connectivity index (χ0v) is 15.9. The molecule has 0 spiro atoms. The Balaban J connectivity index is 1.74. The summed E-state index contributed by atoms with van der Waals surface area (Å²) in [4.78, 5) is 0. The van der Waals surface area contributed by atoms with E-state index in [4.69, 9.17) is 18.9 Å². The summed E-state index contributed by atoms with van der Waals surface area (Å²) in [5.74, 6) is 3.19. The Labute approximate surface area is 155 Å². The van der Waals surface area contributed by atoms with Crippen LogP contribution < -0.4 is 29.6 Å². The van der Waals surface area contributed by atoms with Crippen LogP contribution >= 0.6 is 0 Å². The fourth-order valence-electron chi connectivity index (χ4n) is 2.58. The first-order chi connectivity index (χ1) is 12.7. The maximum Gasteiger partial charge on any atom is 0.122 e. The molecule has 0 saturated heterocycles. The van der Waals surface area contributed by atoms with Crippen LogP contribution in [0.3, 0.4) is 0 Å². The zero-order chi connectivity index (χ0) is 18.8. The lowest BCUT2D eigenvalue weighted by molar-refractivity contribution is 0.392. The summed E-state index contributed by atoms with van der Waals surface area (Å²) in [5, 5.41) is 6.83. The third-order valence-electron chi connectivity index (χ3n) is 3.96. The van der Waals surface area contributed by atoms with E-state index >= 15 is 0 Å². The second kappa shape index (κ2) is 10.5. The Kier molecular flexibility index (Phi) is 8.05. The lowest BCUT2D eigenvalue weighted by atomic mass is 10.2. The normalized spacial score (nSPS) is 10.5. The van der Waals surface area contributed by atoms with Gasteiger partial charge in [0.25, 0.3) is 0 Å². The molecule has 0 aliphatic heterocycles. The van der Waals surface area contributed by atoms with Crippen molar-refractivity contribution >= 4 is 0 Å². The van der Waals surface area contributed by atoms with Gasteiger partial charge in [0.1, 0.15) is 23.0 Å². The molecule has 2 rings (SSSR count). The molecular weight excluding hydrogens is 332 g/mol. The van der Waals surface area contributed by atoms with Crippen molar-refractivity contribution in [3.8, 4) is 23.0 Å². The predicted molar refractivity (Wildman–Crippen MR) is 103 cm³/mol. The van der Waals surface area contributed by atoms with E-state index in [2.05, 4.69) is 10.6 Å². The monoisotopic (exact) mass is 360 g/mol. The summed E-state index contributed by atoms with van der Waals surface area (Å²) in [7, 11) is 6.62. The highest BCUT2D eigenvalue weighted by atomic mass is 16.5. The number of benzene rings is 2. The van der Waals surface area contributed by atoms with Gasteiger partial charge in [-0.25, -0.2) is 0 Å². The van der Waals surface area contributed by atoms with Gasteiger partial charge in [-0.3, -0.25) is 0 Å². The molecule has 0 aromatic heterocycles. The quantitative estimate of drug-likeness (QED) is 0.601. The molecule has 0 saturated carbocycles. The maximum absolute atomic E-state index is 5.29. The average molecular weight is 360 g/mol. The molecule has 6 heteroatoms. The summed E-state index contributed by atoms with van der Waals surface area (Å²) < 4.78 is 21.2. The van der Waals surface area contributed by atoms with E-state index in [9.17, 15) is 0 Å². The molecule has 0 fully saturated rings.